The first-order chi connectivity index (χ1) is 6.79. The van der Waals surface area contributed by atoms with Gasteiger partial charge in [-0.05, 0) is 43.3 Å². The minimum atomic E-state index is 1.08. The summed E-state index contributed by atoms with van der Waals surface area (Å²) in [4.78, 5) is 0. The molecule has 0 aliphatic heterocycles. The second-order valence-corrected chi connectivity index (χ2v) is 4.02. The van der Waals surface area contributed by atoms with Crippen LogP contribution in [-0.2, 0) is 4.74 Å². The van der Waals surface area contributed by atoms with Crippen LogP contribution in [0.2, 0.25) is 0 Å². The summed E-state index contributed by atoms with van der Waals surface area (Å²) < 4.78 is 5.48. The normalized spacial score (nSPS) is 20.9. The monoisotopic (exact) mass is 194 g/mol. The van der Waals surface area contributed by atoms with E-state index in [1.165, 1.54) is 49.0 Å². The Bertz CT molecular complexity index is 225. The third-order valence-electron chi connectivity index (χ3n) is 2.92. The molecule has 1 saturated carbocycles. The molecule has 1 aliphatic rings. The maximum atomic E-state index is 5.48. The number of unbranched alkanes of at least 4 members (excludes halogenated alkanes) is 1. The fourth-order valence-corrected chi connectivity index (χ4v) is 2.02. The summed E-state index contributed by atoms with van der Waals surface area (Å²) in [5.41, 5.74) is 2.72. The van der Waals surface area contributed by atoms with Gasteiger partial charge < -0.3 is 4.74 Å². The minimum Gasteiger partial charge on any atom is -0.501 e. The van der Waals surface area contributed by atoms with Crippen LogP contribution in [0, 0.1) is 0 Å². The lowest BCUT2D eigenvalue weighted by atomic mass is 9.89. The molecule has 0 heterocycles. The largest absolute Gasteiger partial charge is 0.501 e. The molecule has 0 aromatic heterocycles. The molecule has 0 aromatic carbocycles. The molecular weight excluding hydrogens is 172 g/mol. The summed E-state index contributed by atoms with van der Waals surface area (Å²) in [6.07, 6.45) is 8.47. The molecule has 1 aliphatic carbocycles. The highest BCUT2D eigenvalue weighted by molar-refractivity contribution is 5.32. The first kappa shape index (κ1) is 11.4. The summed E-state index contributed by atoms with van der Waals surface area (Å²) in [6, 6.07) is 0. The van der Waals surface area contributed by atoms with Crippen molar-refractivity contribution in [2.45, 2.75) is 51.9 Å². The van der Waals surface area contributed by atoms with Crippen molar-refractivity contribution < 1.29 is 4.74 Å². The Hall–Kier alpha value is -0.720. The first-order valence-corrected chi connectivity index (χ1v) is 5.73. The highest BCUT2D eigenvalue weighted by atomic mass is 16.5. The Morgan fingerprint density at radius 1 is 1.36 bits per heavy atom. The van der Waals surface area contributed by atoms with Crippen molar-refractivity contribution in [3.63, 3.8) is 0 Å². The van der Waals surface area contributed by atoms with Crippen LogP contribution in [0.1, 0.15) is 51.9 Å². The highest BCUT2D eigenvalue weighted by Crippen LogP contribution is 2.31. The molecule has 0 saturated heterocycles. The number of methoxy groups -OCH3 is 1. The quantitative estimate of drug-likeness (QED) is 0.609. The van der Waals surface area contributed by atoms with Crippen LogP contribution in [0.3, 0.4) is 0 Å². The molecule has 80 valence electrons. The van der Waals surface area contributed by atoms with E-state index in [0.717, 1.165) is 12.8 Å². The number of rotatable bonds is 4. The van der Waals surface area contributed by atoms with Gasteiger partial charge in [0.1, 0.15) is 0 Å². The van der Waals surface area contributed by atoms with Crippen LogP contribution in [0.5, 0.6) is 0 Å². The summed E-state index contributed by atoms with van der Waals surface area (Å²) in [5.74, 6) is 1.19. The van der Waals surface area contributed by atoms with Crippen molar-refractivity contribution in [2.75, 3.05) is 7.11 Å². The van der Waals surface area contributed by atoms with Crippen molar-refractivity contribution >= 4 is 0 Å². The Balaban J connectivity index is 2.68. The van der Waals surface area contributed by atoms with Gasteiger partial charge in [-0.25, -0.2) is 0 Å². The fraction of sp³-hybridized carbons (Fsp3) is 0.692. The van der Waals surface area contributed by atoms with Crippen molar-refractivity contribution in [1.82, 2.24) is 0 Å². The van der Waals surface area contributed by atoms with Gasteiger partial charge in [0.15, 0.2) is 0 Å². The maximum absolute atomic E-state index is 5.48. The topological polar surface area (TPSA) is 9.23 Å². The van der Waals surface area contributed by atoms with Crippen LogP contribution < -0.4 is 0 Å². The van der Waals surface area contributed by atoms with Gasteiger partial charge in [0.2, 0.25) is 0 Å². The number of hydrogen-bond acceptors (Lipinski definition) is 1. The van der Waals surface area contributed by atoms with Gasteiger partial charge in [0.25, 0.3) is 0 Å². The van der Waals surface area contributed by atoms with Crippen LogP contribution in [0.15, 0.2) is 23.5 Å². The first-order valence-electron chi connectivity index (χ1n) is 5.73. The molecule has 0 spiro atoms. The number of hydrogen-bond donors (Lipinski definition) is 0. The van der Waals surface area contributed by atoms with E-state index in [1.807, 2.05) is 0 Å². The molecule has 14 heavy (non-hydrogen) atoms. The van der Waals surface area contributed by atoms with Crippen molar-refractivity contribution in [2.24, 2.45) is 0 Å². The molecule has 1 rings (SSSR count). The summed E-state index contributed by atoms with van der Waals surface area (Å²) in [6.45, 7) is 6.35. The van der Waals surface area contributed by atoms with E-state index in [1.54, 1.807) is 7.11 Å². The summed E-state index contributed by atoms with van der Waals surface area (Å²) in [7, 11) is 1.79. The van der Waals surface area contributed by atoms with Crippen molar-refractivity contribution in [3.8, 4) is 0 Å². The van der Waals surface area contributed by atoms with Crippen LogP contribution >= 0.6 is 0 Å². The van der Waals surface area contributed by atoms with Crippen molar-refractivity contribution in [1.29, 1.82) is 0 Å². The van der Waals surface area contributed by atoms with Crippen molar-refractivity contribution in [3.05, 3.63) is 23.5 Å². The lowest BCUT2D eigenvalue weighted by molar-refractivity contribution is 0.267. The third-order valence-corrected chi connectivity index (χ3v) is 2.92. The Morgan fingerprint density at radius 3 is 2.64 bits per heavy atom. The molecule has 0 N–H and O–H groups in total. The maximum Gasteiger partial charge on any atom is 0.0989 e. The van der Waals surface area contributed by atoms with Crippen LogP contribution in [0.4, 0.5) is 0 Å². The number of ether oxygens (including phenoxy) is 1. The van der Waals surface area contributed by atoms with Gasteiger partial charge in [-0.3, -0.25) is 0 Å². The van der Waals surface area contributed by atoms with E-state index in [4.69, 9.17) is 4.74 Å². The van der Waals surface area contributed by atoms with Gasteiger partial charge >= 0.3 is 0 Å². The zero-order valence-corrected chi connectivity index (χ0v) is 9.57. The smallest absolute Gasteiger partial charge is 0.0989 e. The van der Waals surface area contributed by atoms with E-state index >= 15 is 0 Å². The van der Waals surface area contributed by atoms with Gasteiger partial charge in [-0.1, -0.05) is 19.9 Å². The van der Waals surface area contributed by atoms with Gasteiger partial charge in [-0.2, -0.15) is 0 Å². The molecule has 0 atom stereocenters. The van der Waals surface area contributed by atoms with Crippen LogP contribution in [-0.4, -0.2) is 7.11 Å². The zero-order valence-electron chi connectivity index (χ0n) is 9.57. The van der Waals surface area contributed by atoms with Gasteiger partial charge in [-0.15, -0.1) is 0 Å². The Labute approximate surface area is 87.8 Å². The zero-order chi connectivity index (χ0) is 10.4. The van der Waals surface area contributed by atoms with E-state index < -0.39 is 0 Å². The second kappa shape index (κ2) is 5.90. The van der Waals surface area contributed by atoms with E-state index in [0.29, 0.717) is 0 Å². The van der Waals surface area contributed by atoms with Gasteiger partial charge in [0.05, 0.1) is 12.9 Å². The highest BCUT2D eigenvalue weighted by Gasteiger charge is 2.14. The molecule has 1 heteroatoms. The third kappa shape index (κ3) is 2.90. The molecule has 1 fully saturated rings. The average Bonchev–Trinajstić information content (AvgIpc) is 2.21. The molecular formula is C13H22O. The predicted octanol–water partition coefficient (Wildman–Crippen LogP) is 4.21. The van der Waals surface area contributed by atoms with Crippen LogP contribution in [0.25, 0.3) is 0 Å². The second-order valence-electron chi connectivity index (χ2n) is 4.02. The number of allylic oxidation sites excluding steroid dienone is 3. The van der Waals surface area contributed by atoms with E-state index in [9.17, 15) is 0 Å². The Morgan fingerprint density at radius 2 is 2.07 bits per heavy atom. The predicted molar refractivity (Wildman–Crippen MR) is 61.2 cm³/mol. The summed E-state index contributed by atoms with van der Waals surface area (Å²) in [5, 5.41) is 0. The van der Waals surface area contributed by atoms with E-state index in [2.05, 4.69) is 13.5 Å². The lowest BCUT2D eigenvalue weighted by Crippen LogP contribution is -2.03. The molecule has 0 amide bonds. The Kier molecular flexibility index (Phi) is 4.78. The summed E-state index contributed by atoms with van der Waals surface area (Å²) >= 11 is 0. The minimum absolute atomic E-state index is 1.08. The average molecular weight is 194 g/mol. The molecule has 0 aromatic rings. The lowest BCUT2D eigenvalue weighted by Gasteiger charge is -2.20. The molecule has 0 unspecified atom stereocenters. The van der Waals surface area contributed by atoms with Gasteiger partial charge in [0, 0.05) is 6.42 Å². The molecule has 0 radical (unpaired) electrons. The molecule has 0 bridgehead atoms. The SMILES string of the molecule is C=C1CCCC/C1=C(\CCCC)OC. The fourth-order valence-electron chi connectivity index (χ4n) is 2.02. The molecule has 1 nitrogen and oxygen atoms in total. The standard InChI is InChI=1S/C13H22O/c1-4-5-10-13(14-3)12-9-7-6-8-11(12)2/h2,4-10H2,1,3H3/b13-12-. The van der Waals surface area contributed by atoms with E-state index in [-0.39, 0.29) is 0 Å².